The number of nitrogens with zero attached hydrogens (tertiary/aromatic N) is 6. The van der Waals surface area contributed by atoms with Crippen molar-refractivity contribution in [3.05, 3.63) is 24.8 Å². The molecule has 9 heteroatoms. The lowest BCUT2D eigenvalue weighted by Crippen LogP contribution is -2.42. The maximum Gasteiger partial charge on any atom is 0.321 e. The summed E-state index contributed by atoms with van der Waals surface area (Å²) in [4.78, 5) is 26.7. The van der Waals surface area contributed by atoms with Crippen LogP contribution >= 0.6 is 0 Å². The van der Waals surface area contributed by atoms with E-state index in [2.05, 4.69) is 35.6 Å². The smallest absolute Gasteiger partial charge is 0.321 e. The van der Waals surface area contributed by atoms with E-state index in [1.54, 1.807) is 23.4 Å². The maximum absolute atomic E-state index is 12.0. The summed E-state index contributed by atoms with van der Waals surface area (Å²) in [6.07, 6.45) is 7.23. The van der Waals surface area contributed by atoms with Gasteiger partial charge in [-0.3, -0.25) is 10.00 Å². The van der Waals surface area contributed by atoms with E-state index in [0.29, 0.717) is 18.4 Å². The van der Waals surface area contributed by atoms with Crippen LogP contribution < -0.4 is 15.5 Å². The monoisotopic (exact) mass is 330 g/mol. The molecule has 128 valence electrons. The SMILES string of the molecule is CCn1cnc(NC(=O)NCC2CCCN(c3ncccn3)C2)n1. The van der Waals surface area contributed by atoms with Crippen LogP contribution in [-0.4, -0.2) is 50.4 Å². The quantitative estimate of drug-likeness (QED) is 0.852. The third-order valence-corrected chi connectivity index (χ3v) is 3.99. The minimum Gasteiger partial charge on any atom is -0.340 e. The standard InChI is InChI=1S/C15H22N8O/c1-2-23-11-19-13(21-23)20-15(24)18-9-12-5-3-8-22(10-12)14-16-6-4-7-17-14/h4,6-7,11-12H,2-3,5,8-10H2,1H3,(H2,18,20,21,24). The van der Waals surface area contributed by atoms with Gasteiger partial charge in [-0.05, 0) is 31.7 Å². The zero-order chi connectivity index (χ0) is 16.8. The van der Waals surface area contributed by atoms with Gasteiger partial charge in [0.05, 0.1) is 0 Å². The molecule has 1 fully saturated rings. The number of nitrogens with one attached hydrogen (secondary N) is 2. The van der Waals surface area contributed by atoms with E-state index in [4.69, 9.17) is 0 Å². The Bertz CT molecular complexity index is 659. The largest absolute Gasteiger partial charge is 0.340 e. The van der Waals surface area contributed by atoms with Crippen molar-refractivity contribution in [3.8, 4) is 0 Å². The molecule has 1 aliphatic rings. The van der Waals surface area contributed by atoms with Crippen molar-refractivity contribution in [1.29, 1.82) is 0 Å². The van der Waals surface area contributed by atoms with Crippen molar-refractivity contribution in [2.45, 2.75) is 26.3 Å². The zero-order valence-corrected chi connectivity index (χ0v) is 13.7. The Hall–Kier alpha value is -2.71. The van der Waals surface area contributed by atoms with E-state index in [-0.39, 0.29) is 6.03 Å². The number of carbonyl (C=O) groups excluding carboxylic acids is 1. The topological polar surface area (TPSA) is 101 Å². The summed E-state index contributed by atoms with van der Waals surface area (Å²) in [5.74, 6) is 1.44. The number of rotatable bonds is 5. The number of anilines is 2. The molecule has 0 aliphatic carbocycles. The number of piperidine rings is 1. The third-order valence-electron chi connectivity index (χ3n) is 3.99. The molecule has 1 atom stereocenters. The van der Waals surface area contributed by atoms with Gasteiger partial charge >= 0.3 is 6.03 Å². The molecule has 0 radical (unpaired) electrons. The van der Waals surface area contributed by atoms with Crippen LogP contribution in [0.15, 0.2) is 24.8 Å². The minimum absolute atomic E-state index is 0.281. The maximum atomic E-state index is 12.0. The predicted molar refractivity (Wildman–Crippen MR) is 89.7 cm³/mol. The summed E-state index contributed by atoms with van der Waals surface area (Å²) < 4.78 is 1.66. The number of aromatic nitrogens is 5. The van der Waals surface area contributed by atoms with Gasteiger partial charge in [-0.15, -0.1) is 5.10 Å². The Labute approximate surface area is 140 Å². The number of hydrogen-bond acceptors (Lipinski definition) is 6. The predicted octanol–water partition coefficient (Wildman–Crippen LogP) is 1.13. The highest BCUT2D eigenvalue weighted by Crippen LogP contribution is 2.19. The van der Waals surface area contributed by atoms with Crippen LogP contribution in [0.5, 0.6) is 0 Å². The first kappa shape index (κ1) is 16.2. The van der Waals surface area contributed by atoms with Gasteiger partial charge in [0.1, 0.15) is 6.33 Å². The second kappa shape index (κ2) is 7.71. The summed E-state index contributed by atoms with van der Waals surface area (Å²) in [6.45, 7) is 5.07. The van der Waals surface area contributed by atoms with Gasteiger partial charge < -0.3 is 10.2 Å². The fourth-order valence-corrected chi connectivity index (χ4v) is 2.75. The summed E-state index contributed by atoms with van der Waals surface area (Å²) in [5.41, 5.74) is 0. The zero-order valence-electron chi connectivity index (χ0n) is 13.7. The van der Waals surface area contributed by atoms with Crippen LogP contribution in [0.4, 0.5) is 16.7 Å². The molecular formula is C15H22N8O. The summed E-state index contributed by atoms with van der Waals surface area (Å²) in [5, 5.41) is 9.67. The Morgan fingerprint density at radius 3 is 2.92 bits per heavy atom. The fourth-order valence-electron chi connectivity index (χ4n) is 2.75. The molecule has 0 bridgehead atoms. The average molecular weight is 330 g/mol. The van der Waals surface area contributed by atoms with Gasteiger partial charge in [0.15, 0.2) is 0 Å². The highest BCUT2D eigenvalue weighted by atomic mass is 16.2. The highest BCUT2D eigenvalue weighted by Gasteiger charge is 2.22. The van der Waals surface area contributed by atoms with Crippen molar-refractivity contribution < 1.29 is 4.79 Å². The van der Waals surface area contributed by atoms with Gasteiger partial charge in [-0.25, -0.2) is 19.7 Å². The third kappa shape index (κ3) is 4.18. The number of amides is 2. The number of urea groups is 1. The lowest BCUT2D eigenvalue weighted by Gasteiger charge is -2.32. The molecule has 2 amide bonds. The second-order valence-electron chi connectivity index (χ2n) is 5.76. The molecule has 1 unspecified atom stereocenters. The van der Waals surface area contributed by atoms with Crippen LogP contribution in [0.1, 0.15) is 19.8 Å². The molecule has 0 spiro atoms. The first-order valence-electron chi connectivity index (χ1n) is 8.21. The van der Waals surface area contributed by atoms with Gasteiger partial charge in [0, 0.05) is 38.6 Å². The number of aryl methyl sites for hydroxylation is 1. The molecule has 2 aromatic heterocycles. The lowest BCUT2D eigenvalue weighted by atomic mass is 9.98. The first-order chi connectivity index (χ1) is 11.7. The molecular weight excluding hydrogens is 308 g/mol. The van der Waals surface area contributed by atoms with E-state index in [9.17, 15) is 4.79 Å². The summed E-state index contributed by atoms with van der Waals surface area (Å²) in [7, 11) is 0. The number of carbonyl (C=O) groups is 1. The van der Waals surface area contributed by atoms with Crippen LogP contribution in [0.25, 0.3) is 0 Å². The molecule has 2 aromatic rings. The molecule has 9 nitrogen and oxygen atoms in total. The molecule has 2 N–H and O–H groups in total. The van der Waals surface area contributed by atoms with Crippen LogP contribution in [0, 0.1) is 5.92 Å². The highest BCUT2D eigenvalue weighted by molar-refractivity contribution is 5.87. The van der Waals surface area contributed by atoms with E-state index in [1.165, 1.54) is 0 Å². The van der Waals surface area contributed by atoms with E-state index in [0.717, 1.165) is 38.4 Å². The molecule has 1 aliphatic heterocycles. The number of hydrogen-bond donors (Lipinski definition) is 2. The molecule has 1 saturated heterocycles. The minimum atomic E-state index is -0.281. The van der Waals surface area contributed by atoms with E-state index < -0.39 is 0 Å². The average Bonchev–Trinajstić information content (AvgIpc) is 3.08. The van der Waals surface area contributed by atoms with Crippen LogP contribution in [-0.2, 0) is 6.54 Å². The van der Waals surface area contributed by atoms with Crippen molar-refractivity contribution in [1.82, 2.24) is 30.0 Å². The Balaban J connectivity index is 1.46. The molecule has 24 heavy (non-hydrogen) atoms. The Kier molecular flexibility index (Phi) is 5.19. The van der Waals surface area contributed by atoms with Gasteiger partial charge in [0.2, 0.25) is 11.9 Å². The molecule has 0 aromatic carbocycles. The first-order valence-corrected chi connectivity index (χ1v) is 8.21. The fraction of sp³-hybridized carbons (Fsp3) is 0.533. The second-order valence-corrected chi connectivity index (χ2v) is 5.76. The van der Waals surface area contributed by atoms with Crippen molar-refractivity contribution in [2.75, 3.05) is 29.9 Å². The summed E-state index contributed by atoms with van der Waals surface area (Å²) >= 11 is 0. The van der Waals surface area contributed by atoms with E-state index >= 15 is 0 Å². The van der Waals surface area contributed by atoms with Crippen molar-refractivity contribution in [3.63, 3.8) is 0 Å². The van der Waals surface area contributed by atoms with Crippen LogP contribution in [0.3, 0.4) is 0 Å². The van der Waals surface area contributed by atoms with Crippen LogP contribution in [0.2, 0.25) is 0 Å². The molecule has 0 saturated carbocycles. The molecule has 3 rings (SSSR count). The lowest BCUT2D eigenvalue weighted by molar-refractivity contribution is 0.249. The normalized spacial score (nSPS) is 17.5. The van der Waals surface area contributed by atoms with Gasteiger partial charge in [-0.2, -0.15) is 0 Å². The molecule has 3 heterocycles. The van der Waals surface area contributed by atoms with Gasteiger partial charge in [0.25, 0.3) is 0 Å². The summed E-state index contributed by atoms with van der Waals surface area (Å²) in [6, 6.07) is 1.53. The van der Waals surface area contributed by atoms with Gasteiger partial charge in [-0.1, -0.05) is 0 Å². The van der Waals surface area contributed by atoms with Crippen molar-refractivity contribution >= 4 is 17.9 Å². The Morgan fingerprint density at radius 1 is 1.33 bits per heavy atom. The van der Waals surface area contributed by atoms with E-state index in [1.807, 2.05) is 13.0 Å². The van der Waals surface area contributed by atoms with Crippen molar-refractivity contribution in [2.24, 2.45) is 5.92 Å². The Morgan fingerprint density at radius 2 is 2.17 bits per heavy atom.